The van der Waals surface area contributed by atoms with Crippen LogP contribution in [0.4, 0.5) is 17.2 Å². The van der Waals surface area contributed by atoms with E-state index in [2.05, 4.69) is 25.2 Å². The lowest BCUT2D eigenvalue weighted by molar-refractivity contribution is 0.0713. The van der Waals surface area contributed by atoms with Crippen molar-refractivity contribution < 1.29 is 9.53 Å². The highest BCUT2D eigenvalue weighted by Crippen LogP contribution is 2.25. The number of aldehydes is 1. The standard InChI is InChI=1S/C22H26N6O2/c1-15(30-10-9-28(3)21-7-8-25-12-19(21)24-2)16-5-4-6-17(11-16)18-13-26-22(23)20(14-29)27-18/h4-8,11-15,24H,9-10H2,1-3H3,(H2,23,26). The topological polar surface area (TPSA) is 106 Å². The Morgan fingerprint density at radius 2 is 2.13 bits per heavy atom. The first-order valence-corrected chi connectivity index (χ1v) is 9.66. The number of pyridine rings is 1. The highest BCUT2D eigenvalue weighted by atomic mass is 16.5. The SMILES string of the molecule is CNc1cnccc1N(C)CCOC(C)c1cccc(-c2cnc(N)c(C=O)n2)c1. The Balaban J connectivity index is 1.64. The first-order valence-electron chi connectivity index (χ1n) is 9.66. The number of carbonyl (C=O) groups excluding carboxylic acids is 1. The van der Waals surface area contributed by atoms with Crippen molar-refractivity contribution in [3.8, 4) is 11.3 Å². The summed E-state index contributed by atoms with van der Waals surface area (Å²) in [5.74, 6) is 0.126. The maximum absolute atomic E-state index is 11.1. The van der Waals surface area contributed by atoms with Gasteiger partial charge in [-0.1, -0.05) is 18.2 Å². The minimum absolute atomic E-state index is 0.105. The zero-order chi connectivity index (χ0) is 21.5. The molecule has 3 N–H and O–H groups in total. The van der Waals surface area contributed by atoms with Gasteiger partial charge in [0.2, 0.25) is 0 Å². The molecule has 0 fully saturated rings. The van der Waals surface area contributed by atoms with Crippen LogP contribution >= 0.6 is 0 Å². The number of aromatic nitrogens is 3. The fourth-order valence-corrected chi connectivity index (χ4v) is 3.09. The molecule has 8 heteroatoms. The lowest BCUT2D eigenvalue weighted by Gasteiger charge is -2.23. The minimum Gasteiger partial charge on any atom is -0.385 e. The predicted octanol–water partition coefficient (Wildman–Crippen LogP) is 3.19. The van der Waals surface area contributed by atoms with Crippen LogP contribution in [-0.2, 0) is 4.74 Å². The Morgan fingerprint density at radius 3 is 2.90 bits per heavy atom. The zero-order valence-corrected chi connectivity index (χ0v) is 17.4. The number of nitrogens with one attached hydrogen (secondary N) is 1. The van der Waals surface area contributed by atoms with E-state index in [1.165, 1.54) is 0 Å². The van der Waals surface area contributed by atoms with Gasteiger partial charge in [-0.3, -0.25) is 9.78 Å². The minimum atomic E-state index is -0.105. The Hall–Kier alpha value is -3.52. The largest absolute Gasteiger partial charge is 0.385 e. The van der Waals surface area contributed by atoms with Gasteiger partial charge >= 0.3 is 0 Å². The van der Waals surface area contributed by atoms with E-state index in [9.17, 15) is 4.79 Å². The number of benzene rings is 1. The number of ether oxygens (including phenoxy) is 1. The van der Waals surface area contributed by atoms with Crippen molar-refractivity contribution >= 4 is 23.5 Å². The monoisotopic (exact) mass is 406 g/mol. The molecule has 0 amide bonds. The lowest BCUT2D eigenvalue weighted by Crippen LogP contribution is -2.24. The normalized spacial score (nSPS) is 11.7. The Kier molecular flexibility index (Phi) is 6.92. The predicted molar refractivity (Wildman–Crippen MR) is 119 cm³/mol. The molecule has 0 bridgehead atoms. The second-order valence-corrected chi connectivity index (χ2v) is 6.85. The maximum Gasteiger partial charge on any atom is 0.172 e. The summed E-state index contributed by atoms with van der Waals surface area (Å²) in [5.41, 5.74) is 10.3. The van der Waals surface area contributed by atoms with E-state index in [0.717, 1.165) is 29.0 Å². The number of likely N-dealkylation sites (N-methyl/N-ethyl adjacent to an activating group) is 1. The van der Waals surface area contributed by atoms with Crippen LogP contribution in [0.15, 0.2) is 48.9 Å². The quantitative estimate of drug-likeness (QED) is 0.522. The first-order chi connectivity index (χ1) is 14.5. The molecule has 30 heavy (non-hydrogen) atoms. The summed E-state index contributed by atoms with van der Waals surface area (Å²) in [6.45, 7) is 3.30. The fourth-order valence-electron chi connectivity index (χ4n) is 3.09. The number of nitrogen functional groups attached to an aromatic ring is 1. The van der Waals surface area contributed by atoms with E-state index in [0.29, 0.717) is 18.6 Å². The van der Waals surface area contributed by atoms with E-state index in [1.807, 2.05) is 51.4 Å². The summed E-state index contributed by atoms with van der Waals surface area (Å²) < 4.78 is 6.06. The molecular weight excluding hydrogens is 380 g/mol. The number of nitrogens with two attached hydrogens (primary N) is 1. The molecule has 1 atom stereocenters. The van der Waals surface area contributed by atoms with Crippen LogP contribution < -0.4 is 16.0 Å². The van der Waals surface area contributed by atoms with Crippen LogP contribution in [-0.4, -0.2) is 48.5 Å². The number of hydrogen-bond acceptors (Lipinski definition) is 8. The van der Waals surface area contributed by atoms with Gasteiger partial charge in [-0.25, -0.2) is 9.97 Å². The average molecular weight is 406 g/mol. The molecule has 0 saturated heterocycles. The summed E-state index contributed by atoms with van der Waals surface area (Å²) in [5, 5.41) is 3.15. The third-order valence-electron chi connectivity index (χ3n) is 4.87. The van der Waals surface area contributed by atoms with Gasteiger partial charge in [0.15, 0.2) is 12.1 Å². The van der Waals surface area contributed by atoms with E-state index in [4.69, 9.17) is 10.5 Å². The third-order valence-corrected chi connectivity index (χ3v) is 4.87. The highest BCUT2D eigenvalue weighted by molar-refractivity contribution is 5.80. The lowest BCUT2D eigenvalue weighted by atomic mass is 10.0. The Morgan fingerprint density at radius 1 is 1.30 bits per heavy atom. The van der Waals surface area contributed by atoms with Gasteiger partial charge < -0.3 is 20.7 Å². The molecule has 0 aliphatic heterocycles. The van der Waals surface area contributed by atoms with Crippen molar-refractivity contribution in [1.29, 1.82) is 0 Å². The van der Waals surface area contributed by atoms with Crippen LogP contribution in [0.5, 0.6) is 0 Å². The van der Waals surface area contributed by atoms with Gasteiger partial charge in [0, 0.05) is 32.4 Å². The maximum atomic E-state index is 11.1. The molecule has 0 spiro atoms. The van der Waals surface area contributed by atoms with Crippen LogP contribution in [0.1, 0.15) is 29.1 Å². The van der Waals surface area contributed by atoms with Crippen LogP contribution in [0.25, 0.3) is 11.3 Å². The Bertz CT molecular complexity index is 1010. The molecule has 3 aromatic rings. The van der Waals surface area contributed by atoms with Gasteiger partial charge in [-0.2, -0.15) is 0 Å². The van der Waals surface area contributed by atoms with Crippen molar-refractivity contribution in [1.82, 2.24) is 15.0 Å². The molecule has 0 saturated carbocycles. The van der Waals surface area contributed by atoms with Crippen molar-refractivity contribution in [3.63, 3.8) is 0 Å². The van der Waals surface area contributed by atoms with Crippen LogP contribution in [0.3, 0.4) is 0 Å². The fraction of sp³-hybridized carbons (Fsp3) is 0.273. The van der Waals surface area contributed by atoms with Crippen molar-refractivity contribution in [2.45, 2.75) is 13.0 Å². The number of nitrogens with zero attached hydrogens (tertiary/aromatic N) is 4. The molecule has 0 aliphatic carbocycles. The van der Waals surface area contributed by atoms with Crippen LogP contribution in [0, 0.1) is 0 Å². The van der Waals surface area contributed by atoms with E-state index in [1.54, 1.807) is 18.6 Å². The number of anilines is 3. The second kappa shape index (κ2) is 9.80. The zero-order valence-electron chi connectivity index (χ0n) is 17.4. The summed E-state index contributed by atoms with van der Waals surface area (Å²) in [4.78, 5) is 25.7. The molecule has 3 rings (SSSR count). The van der Waals surface area contributed by atoms with Crippen molar-refractivity contribution in [3.05, 3.63) is 60.2 Å². The summed E-state index contributed by atoms with van der Waals surface area (Å²) in [6.07, 6.45) is 5.65. The molecule has 8 nitrogen and oxygen atoms in total. The number of rotatable bonds is 9. The smallest absolute Gasteiger partial charge is 0.172 e. The Labute approximate surface area is 176 Å². The second-order valence-electron chi connectivity index (χ2n) is 6.85. The van der Waals surface area contributed by atoms with Crippen LogP contribution in [0.2, 0.25) is 0 Å². The number of hydrogen-bond donors (Lipinski definition) is 2. The third kappa shape index (κ3) is 4.90. The van der Waals surface area contributed by atoms with Gasteiger partial charge in [-0.05, 0) is 24.6 Å². The highest BCUT2D eigenvalue weighted by Gasteiger charge is 2.11. The summed E-state index contributed by atoms with van der Waals surface area (Å²) in [7, 11) is 3.90. The molecule has 2 aromatic heterocycles. The molecule has 1 unspecified atom stereocenters. The van der Waals surface area contributed by atoms with Gasteiger partial charge in [-0.15, -0.1) is 0 Å². The molecule has 0 aliphatic rings. The van der Waals surface area contributed by atoms with Gasteiger partial charge in [0.25, 0.3) is 0 Å². The van der Waals surface area contributed by atoms with Crippen molar-refractivity contribution in [2.24, 2.45) is 0 Å². The molecule has 1 aromatic carbocycles. The molecule has 2 heterocycles. The summed E-state index contributed by atoms with van der Waals surface area (Å²) in [6, 6.07) is 9.82. The van der Waals surface area contributed by atoms with E-state index >= 15 is 0 Å². The average Bonchev–Trinajstić information content (AvgIpc) is 2.79. The van der Waals surface area contributed by atoms with Gasteiger partial charge in [0.05, 0.1) is 42.2 Å². The molecule has 0 radical (unpaired) electrons. The van der Waals surface area contributed by atoms with E-state index in [-0.39, 0.29) is 17.6 Å². The van der Waals surface area contributed by atoms with Gasteiger partial charge in [0.1, 0.15) is 5.69 Å². The number of carbonyl (C=O) groups is 1. The first kappa shape index (κ1) is 21.2. The molecular formula is C22H26N6O2. The molecule has 156 valence electrons. The van der Waals surface area contributed by atoms with E-state index < -0.39 is 0 Å². The van der Waals surface area contributed by atoms with Crippen molar-refractivity contribution in [2.75, 3.05) is 43.2 Å². The summed E-state index contributed by atoms with van der Waals surface area (Å²) >= 11 is 0.